The molecule has 0 unspecified atom stereocenters. The molecule has 0 fully saturated rings. The Hall–Kier alpha value is -1.78. The molecule has 1 aliphatic heterocycles. The summed E-state index contributed by atoms with van der Waals surface area (Å²) in [7, 11) is 0. The highest BCUT2D eigenvalue weighted by Crippen LogP contribution is 2.48. The molecule has 0 saturated heterocycles. The van der Waals surface area contributed by atoms with Crippen molar-refractivity contribution in [1.82, 2.24) is 0 Å². The standard InChI is InChI=1S/C16H12ClNO2S/c1-10(19)11-6-7-15-13(8-11)18(16(20)9-17)12-4-2-3-5-14(12)21-15/h2-8H,9H2,1H3. The number of carbonyl (C=O) groups is 2. The van der Waals surface area contributed by atoms with Crippen LogP contribution in [-0.4, -0.2) is 17.6 Å². The first-order valence-corrected chi connectivity index (χ1v) is 7.77. The molecule has 106 valence electrons. The maximum absolute atomic E-state index is 12.3. The fourth-order valence-corrected chi connectivity index (χ4v) is 3.46. The quantitative estimate of drug-likeness (QED) is 0.613. The van der Waals surface area contributed by atoms with Crippen LogP contribution in [-0.2, 0) is 4.79 Å². The first kappa shape index (κ1) is 14.2. The van der Waals surface area contributed by atoms with Crippen LogP contribution in [0.2, 0.25) is 0 Å². The number of ketones is 1. The number of anilines is 2. The predicted molar refractivity (Wildman–Crippen MR) is 84.9 cm³/mol. The molecule has 2 aromatic rings. The SMILES string of the molecule is CC(=O)c1ccc2c(c1)N(C(=O)CCl)c1ccccc1S2. The van der Waals surface area contributed by atoms with Crippen molar-refractivity contribution < 1.29 is 9.59 Å². The number of benzene rings is 2. The second-order valence-electron chi connectivity index (χ2n) is 4.67. The van der Waals surface area contributed by atoms with Gasteiger partial charge in [-0.15, -0.1) is 11.6 Å². The second-order valence-corrected chi connectivity index (χ2v) is 6.02. The molecule has 3 rings (SSSR count). The van der Waals surface area contributed by atoms with Gasteiger partial charge in [0.15, 0.2) is 5.78 Å². The summed E-state index contributed by atoms with van der Waals surface area (Å²) in [5, 5.41) is 0. The fraction of sp³-hybridized carbons (Fsp3) is 0.125. The molecule has 0 radical (unpaired) electrons. The van der Waals surface area contributed by atoms with E-state index >= 15 is 0 Å². The highest BCUT2D eigenvalue weighted by molar-refractivity contribution is 7.99. The van der Waals surface area contributed by atoms with Gasteiger partial charge in [0.25, 0.3) is 0 Å². The molecule has 0 spiro atoms. The number of nitrogens with zero attached hydrogens (tertiary/aromatic N) is 1. The van der Waals surface area contributed by atoms with E-state index in [0.717, 1.165) is 21.2 Å². The topological polar surface area (TPSA) is 37.4 Å². The van der Waals surface area contributed by atoms with Crippen molar-refractivity contribution in [2.75, 3.05) is 10.8 Å². The van der Waals surface area contributed by atoms with E-state index < -0.39 is 0 Å². The number of halogens is 1. The Balaban J connectivity index is 2.20. The van der Waals surface area contributed by atoms with Gasteiger partial charge in [0.05, 0.1) is 11.4 Å². The van der Waals surface area contributed by atoms with Gasteiger partial charge in [-0.3, -0.25) is 14.5 Å². The fourth-order valence-electron chi connectivity index (χ4n) is 2.30. The average molecular weight is 318 g/mol. The van der Waals surface area contributed by atoms with E-state index in [1.165, 1.54) is 6.92 Å². The van der Waals surface area contributed by atoms with Crippen molar-refractivity contribution in [3.63, 3.8) is 0 Å². The molecular weight excluding hydrogens is 306 g/mol. The number of alkyl halides is 1. The zero-order chi connectivity index (χ0) is 15.0. The van der Waals surface area contributed by atoms with Crippen LogP contribution in [0.3, 0.4) is 0 Å². The Morgan fingerprint density at radius 1 is 1.10 bits per heavy atom. The van der Waals surface area contributed by atoms with Gasteiger partial charge in [0.2, 0.25) is 5.91 Å². The molecule has 0 bridgehead atoms. The monoisotopic (exact) mass is 317 g/mol. The lowest BCUT2D eigenvalue weighted by atomic mass is 10.1. The zero-order valence-electron chi connectivity index (χ0n) is 11.3. The second kappa shape index (κ2) is 5.54. The predicted octanol–water partition coefficient (Wildman–Crippen LogP) is 4.26. The number of rotatable bonds is 2. The Labute approximate surface area is 131 Å². The third kappa shape index (κ3) is 2.45. The van der Waals surface area contributed by atoms with Gasteiger partial charge in [0.1, 0.15) is 5.88 Å². The maximum Gasteiger partial charge on any atom is 0.246 e. The van der Waals surface area contributed by atoms with Crippen LogP contribution in [0, 0.1) is 0 Å². The van der Waals surface area contributed by atoms with E-state index in [1.807, 2.05) is 30.3 Å². The zero-order valence-corrected chi connectivity index (χ0v) is 12.9. The number of fused-ring (bicyclic) bond motifs is 2. The lowest BCUT2D eigenvalue weighted by Gasteiger charge is -2.30. The molecule has 0 N–H and O–H groups in total. The summed E-state index contributed by atoms with van der Waals surface area (Å²) in [4.78, 5) is 27.4. The normalized spacial score (nSPS) is 12.6. The minimum atomic E-state index is -0.202. The lowest BCUT2D eigenvalue weighted by Crippen LogP contribution is -2.29. The van der Waals surface area contributed by atoms with E-state index in [0.29, 0.717) is 5.56 Å². The first-order valence-electron chi connectivity index (χ1n) is 6.42. The summed E-state index contributed by atoms with van der Waals surface area (Å²) in [6.07, 6.45) is 0. The van der Waals surface area contributed by atoms with Gasteiger partial charge >= 0.3 is 0 Å². The highest BCUT2D eigenvalue weighted by Gasteiger charge is 2.28. The Morgan fingerprint density at radius 3 is 2.52 bits per heavy atom. The third-order valence-corrected chi connectivity index (χ3v) is 4.66. The van der Waals surface area contributed by atoms with Crippen molar-refractivity contribution in [3.8, 4) is 0 Å². The van der Waals surface area contributed by atoms with Crippen LogP contribution >= 0.6 is 23.4 Å². The van der Waals surface area contributed by atoms with E-state index in [2.05, 4.69) is 0 Å². The molecule has 0 aromatic heterocycles. The average Bonchev–Trinajstić information content (AvgIpc) is 2.51. The van der Waals surface area contributed by atoms with Crippen LogP contribution in [0.1, 0.15) is 17.3 Å². The van der Waals surface area contributed by atoms with E-state index in [4.69, 9.17) is 11.6 Å². The van der Waals surface area contributed by atoms with E-state index in [9.17, 15) is 9.59 Å². The minimum absolute atomic E-state index is 0.0278. The Kier molecular flexibility index (Phi) is 3.74. The number of carbonyl (C=O) groups excluding carboxylic acids is 2. The summed E-state index contributed by atoms with van der Waals surface area (Å²) >= 11 is 7.34. The van der Waals surface area contributed by atoms with Crippen LogP contribution in [0.4, 0.5) is 11.4 Å². The molecule has 5 heteroatoms. The molecule has 1 aliphatic rings. The van der Waals surface area contributed by atoms with Gasteiger partial charge in [0, 0.05) is 15.4 Å². The number of para-hydroxylation sites is 1. The summed E-state index contributed by atoms with van der Waals surface area (Å²) < 4.78 is 0. The highest BCUT2D eigenvalue weighted by atomic mass is 35.5. The Bertz CT molecular complexity index is 745. The van der Waals surface area contributed by atoms with E-state index in [1.54, 1.807) is 28.8 Å². The summed E-state index contributed by atoms with van der Waals surface area (Å²) in [5.74, 6) is -0.339. The maximum atomic E-state index is 12.3. The lowest BCUT2D eigenvalue weighted by molar-refractivity contribution is -0.115. The van der Waals surface area contributed by atoms with Crippen LogP contribution < -0.4 is 4.90 Å². The van der Waals surface area contributed by atoms with Crippen LogP contribution in [0.5, 0.6) is 0 Å². The summed E-state index contributed by atoms with van der Waals surface area (Å²) in [6, 6.07) is 13.1. The summed E-state index contributed by atoms with van der Waals surface area (Å²) in [5.41, 5.74) is 2.11. The van der Waals surface area contributed by atoms with Crippen molar-refractivity contribution in [3.05, 3.63) is 48.0 Å². The molecule has 1 heterocycles. The summed E-state index contributed by atoms with van der Waals surface area (Å²) in [6.45, 7) is 1.51. The number of Topliss-reactive ketones (excluding diaryl/α,β-unsaturated/α-hetero) is 1. The van der Waals surface area contributed by atoms with E-state index in [-0.39, 0.29) is 17.6 Å². The molecule has 0 aliphatic carbocycles. The number of hydrogen-bond acceptors (Lipinski definition) is 3. The Morgan fingerprint density at radius 2 is 1.81 bits per heavy atom. The third-order valence-electron chi connectivity index (χ3n) is 3.30. The van der Waals surface area contributed by atoms with Gasteiger partial charge in [-0.2, -0.15) is 0 Å². The minimum Gasteiger partial charge on any atom is -0.295 e. The van der Waals surface area contributed by atoms with Crippen molar-refractivity contribution in [2.24, 2.45) is 0 Å². The smallest absolute Gasteiger partial charge is 0.246 e. The molecular formula is C16H12ClNO2S. The first-order chi connectivity index (χ1) is 10.1. The van der Waals surface area contributed by atoms with Crippen LogP contribution in [0.25, 0.3) is 0 Å². The van der Waals surface area contributed by atoms with Gasteiger partial charge in [-0.05, 0) is 31.2 Å². The van der Waals surface area contributed by atoms with Gasteiger partial charge in [-0.25, -0.2) is 0 Å². The van der Waals surface area contributed by atoms with Gasteiger partial charge < -0.3 is 0 Å². The molecule has 3 nitrogen and oxygen atoms in total. The number of amides is 1. The van der Waals surface area contributed by atoms with Crippen molar-refractivity contribution in [1.29, 1.82) is 0 Å². The van der Waals surface area contributed by atoms with Crippen molar-refractivity contribution >= 4 is 46.4 Å². The molecule has 1 amide bonds. The largest absolute Gasteiger partial charge is 0.295 e. The molecule has 2 aromatic carbocycles. The van der Waals surface area contributed by atoms with Gasteiger partial charge in [-0.1, -0.05) is 30.0 Å². The molecule has 0 saturated carbocycles. The molecule has 21 heavy (non-hydrogen) atoms. The van der Waals surface area contributed by atoms with Crippen molar-refractivity contribution in [2.45, 2.75) is 16.7 Å². The molecule has 0 atom stereocenters. The van der Waals surface area contributed by atoms with Crippen LogP contribution in [0.15, 0.2) is 52.3 Å². The number of hydrogen-bond donors (Lipinski definition) is 0.